The number of aromatic nitrogens is 1. The van der Waals surface area contributed by atoms with Crippen LogP contribution in [0.1, 0.15) is 10.8 Å². The predicted molar refractivity (Wildman–Crippen MR) is 88.9 cm³/mol. The summed E-state index contributed by atoms with van der Waals surface area (Å²) in [6.45, 7) is 0. The third kappa shape index (κ3) is 3.42. The van der Waals surface area contributed by atoms with Gasteiger partial charge in [0.1, 0.15) is 5.82 Å². The minimum atomic E-state index is -4.79. The second kappa shape index (κ2) is 6.27. The Kier molecular flexibility index (Phi) is 4.31. The number of carbonyl (C=O) groups is 1. The van der Waals surface area contributed by atoms with Crippen LogP contribution in [0.15, 0.2) is 48.5 Å². The van der Waals surface area contributed by atoms with Gasteiger partial charge in [0.2, 0.25) is 0 Å². The molecule has 24 heavy (non-hydrogen) atoms. The Morgan fingerprint density at radius 3 is 2.62 bits per heavy atom. The van der Waals surface area contributed by atoms with Crippen molar-refractivity contribution in [3.63, 3.8) is 0 Å². The lowest BCUT2D eigenvalue weighted by Crippen LogP contribution is -2.27. The van der Waals surface area contributed by atoms with Gasteiger partial charge in [0.05, 0.1) is 10.2 Å². The molecule has 1 amide bonds. The van der Waals surface area contributed by atoms with Gasteiger partial charge < -0.3 is 5.32 Å². The molecule has 0 aliphatic heterocycles. The fraction of sp³-hybridized carbons (Fsp3) is 0.0667. The van der Waals surface area contributed by atoms with Gasteiger partial charge in [-0.2, -0.15) is 8.42 Å². The van der Waals surface area contributed by atoms with Crippen LogP contribution in [0, 0.1) is 5.82 Å². The first-order chi connectivity index (χ1) is 11.3. The third-order valence-corrected chi connectivity index (χ3v) is 5.25. The summed E-state index contributed by atoms with van der Waals surface area (Å²) in [7, 11) is -4.79. The van der Waals surface area contributed by atoms with E-state index in [1.165, 1.54) is 12.1 Å². The second-order valence-electron chi connectivity index (χ2n) is 4.93. The maximum atomic E-state index is 13.3. The highest BCUT2D eigenvalue weighted by Gasteiger charge is 2.33. The summed E-state index contributed by atoms with van der Waals surface area (Å²) in [4.78, 5) is 16.5. The largest absolute Gasteiger partial charge is 0.300 e. The SMILES string of the molecule is O=C(Nc1nc2ccccc2s1)C(c1cccc(F)c1)S(=O)(=O)O. The molecule has 1 aromatic heterocycles. The molecule has 0 spiro atoms. The maximum Gasteiger partial charge on any atom is 0.281 e. The fourth-order valence-electron chi connectivity index (χ4n) is 2.22. The highest BCUT2D eigenvalue weighted by atomic mass is 32.2. The molecule has 2 aromatic carbocycles. The summed E-state index contributed by atoms with van der Waals surface area (Å²) >= 11 is 1.16. The molecule has 2 N–H and O–H groups in total. The van der Waals surface area contributed by atoms with E-state index in [-0.39, 0.29) is 10.7 Å². The van der Waals surface area contributed by atoms with Crippen LogP contribution in [-0.4, -0.2) is 23.9 Å². The first-order valence-corrected chi connectivity index (χ1v) is 9.05. The first-order valence-electron chi connectivity index (χ1n) is 6.73. The molecule has 0 aliphatic rings. The van der Waals surface area contributed by atoms with Gasteiger partial charge in [0.25, 0.3) is 16.0 Å². The molecule has 1 heterocycles. The van der Waals surface area contributed by atoms with Crippen molar-refractivity contribution < 1.29 is 22.2 Å². The zero-order chi connectivity index (χ0) is 17.3. The van der Waals surface area contributed by atoms with Gasteiger partial charge in [-0.15, -0.1) is 0 Å². The summed E-state index contributed by atoms with van der Waals surface area (Å²) in [5, 5.41) is 0.605. The number of hydrogen-bond donors (Lipinski definition) is 2. The highest BCUT2D eigenvalue weighted by molar-refractivity contribution is 7.86. The molecule has 1 atom stereocenters. The average Bonchev–Trinajstić information content (AvgIpc) is 2.87. The molecule has 0 aliphatic carbocycles. The number of hydrogen-bond acceptors (Lipinski definition) is 5. The molecule has 0 radical (unpaired) electrons. The van der Waals surface area contributed by atoms with E-state index in [4.69, 9.17) is 0 Å². The van der Waals surface area contributed by atoms with Crippen LogP contribution < -0.4 is 5.32 Å². The van der Waals surface area contributed by atoms with Gasteiger partial charge in [-0.05, 0) is 29.8 Å². The van der Waals surface area contributed by atoms with Crippen LogP contribution in [0.5, 0.6) is 0 Å². The standard InChI is InChI=1S/C15H11FN2O4S2/c16-10-5-3-4-9(8-10)13(24(20,21)22)14(19)18-15-17-11-6-1-2-7-12(11)23-15/h1-8,13H,(H,17,18,19)(H,20,21,22). The zero-order valence-corrected chi connectivity index (χ0v) is 13.6. The second-order valence-corrected chi connectivity index (χ2v) is 7.46. The van der Waals surface area contributed by atoms with Crippen molar-refractivity contribution in [2.75, 3.05) is 5.32 Å². The number of thiazole rings is 1. The average molecular weight is 366 g/mol. The van der Waals surface area contributed by atoms with Gasteiger partial charge >= 0.3 is 0 Å². The van der Waals surface area contributed by atoms with E-state index >= 15 is 0 Å². The van der Waals surface area contributed by atoms with E-state index in [1.54, 1.807) is 24.3 Å². The Balaban J connectivity index is 1.94. The van der Waals surface area contributed by atoms with E-state index < -0.39 is 27.1 Å². The quantitative estimate of drug-likeness (QED) is 0.692. The molecule has 3 aromatic rings. The molecule has 0 fully saturated rings. The Morgan fingerprint density at radius 1 is 1.21 bits per heavy atom. The Hall–Kier alpha value is -2.36. The van der Waals surface area contributed by atoms with Crippen molar-refractivity contribution in [1.29, 1.82) is 0 Å². The maximum absolute atomic E-state index is 13.3. The van der Waals surface area contributed by atoms with Crippen molar-refractivity contribution in [3.05, 3.63) is 59.9 Å². The predicted octanol–water partition coefficient (Wildman–Crippen LogP) is 3.00. The molecule has 6 nitrogen and oxygen atoms in total. The minimum absolute atomic E-state index is 0.170. The number of fused-ring (bicyclic) bond motifs is 1. The lowest BCUT2D eigenvalue weighted by molar-refractivity contribution is -0.116. The highest BCUT2D eigenvalue weighted by Crippen LogP contribution is 2.28. The number of carbonyl (C=O) groups excluding carboxylic acids is 1. The molecular weight excluding hydrogens is 355 g/mol. The van der Waals surface area contributed by atoms with E-state index in [1.807, 2.05) is 0 Å². The van der Waals surface area contributed by atoms with Crippen molar-refractivity contribution in [3.8, 4) is 0 Å². The topological polar surface area (TPSA) is 96.4 Å². The van der Waals surface area contributed by atoms with Crippen molar-refractivity contribution >= 4 is 42.7 Å². The van der Waals surface area contributed by atoms with Crippen molar-refractivity contribution in [1.82, 2.24) is 4.98 Å². The van der Waals surface area contributed by atoms with E-state index in [0.717, 1.165) is 28.2 Å². The smallest absolute Gasteiger partial charge is 0.281 e. The van der Waals surface area contributed by atoms with E-state index in [9.17, 15) is 22.2 Å². The molecule has 0 saturated carbocycles. The first kappa shape index (κ1) is 16.5. The Labute approximate surface area is 140 Å². The van der Waals surface area contributed by atoms with E-state index in [2.05, 4.69) is 10.3 Å². The van der Waals surface area contributed by atoms with Crippen LogP contribution in [-0.2, 0) is 14.9 Å². The van der Waals surface area contributed by atoms with Gasteiger partial charge in [-0.1, -0.05) is 35.6 Å². The number of benzene rings is 2. The number of amides is 1. The zero-order valence-electron chi connectivity index (χ0n) is 12.0. The number of anilines is 1. The van der Waals surface area contributed by atoms with Crippen LogP contribution >= 0.6 is 11.3 Å². The van der Waals surface area contributed by atoms with Crippen molar-refractivity contribution in [2.45, 2.75) is 5.25 Å². The Morgan fingerprint density at radius 2 is 1.96 bits per heavy atom. The summed E-state index contributed by atoms with van der Waals surface area (Å²) in [6, 6.07) is 11.6. The van der Waals surface area contributed by atoms with E-state index in [0.29, 0.717) is 5.52 Å². The molecule has 0 saturated heterocycles. The molecule has 3 rings (SSSR count). The normalized spacial score (nSPS) is 12.9. The lowest BCUT2D eigenvalue weighted by atomic mass is 10.1. The molecule has 9 heteroatoms. The molecule has 1 unspecified atom stereocenters. The number of rotatable bonds is 4. The molecule has 0 bridgehead atoms. The number of halogens is 1. The number of nitrogens with one attached hydrogen (secondary N) is 1. The van der Waals surface area contributed by atoms with Crippen LogP contribution in [0.4, 0.5) is 9.52 Å². The van der Waals surface area contributed by atoms with Crippen LogP contribution in [0.2, 0.25) is 0 Å². The van der Waals surface area contributed by atoms with Crippen molar-refractivity contribution in [2.24, 2.45) is 0 Å². The van der Waals surface area contributed by atoms with Gasteiger partial charge in [0.15, 0.2) is 10.4 Å². The molecule has 124 valence electrons. The van der Waals surface area contributed by atoms with Crippen LogP contribution in [0.25, 0.3) is 10.2 Å². The van der Waals surface area contributed by atoms with Gasteiger partial charge in [0, 0.05) is 0 Å². The van der Waals surface area contributed by atoms with Gasteiger partial charge in [-0.25, -0.2) is 9.37 Å². The number of para-hydroxylation sites is 1. The summed E-state index contributed by atoms with van der Waals surface area (Å²) in [6.07, 6.45) is 0. The minimum Gasteiger partial charge on any atom is -0.300 e. The fourth-order valence-corrected chi connectivity index (χ4v) is 3.91. The monoisotopic (exact) mass is 366 g/mol. The summed E-state index contributed by atoms with van der Waals surface area (Å²) in [5.41, 5.74) is 0.475. The summed E-state index contributed by atoms with van der Waals surface area (Å²) < 4.78 is 46.7. The van der Waals surface area contributed by atoms with Crippen LogP contribution in [0.3, 0.4) is 0 Å². The molecular formula is C15H11FN2O4S2. The van der Waals surface area contributed by atoms with Gasteiger partial charge in [-0.3, -0.25) is 9.35 Å². The Bertz CT molecular complexity index is 984. The number of nitrogens with zero attached hydrogens (tertiary/aromatic N) is 1. The third-order valence-electron chi connectivity index (χ3n) is 3.21. The lowest BCUT2D eigenvalue weighted by Gasteiger charge is -2.13. The summed E-state index contributed by atoms with van der Waals surface area (Å²) in [5.74, 6) is -1.73.